The number of ether oxygens (including phenoxy) is 1. The molecule has 1 heterocycles. The van der Waals surface area contributed by atoms with E-state index in [0.717, 1.165) is 5.56 Å². The van der Waals surface area contributed by atoms with E-state index in [9.17, 15) is 27.6 Å². The lowest BCUT2D eigenvalue weighted by Gasteiger charge is -2.19. The van der Waals surface area contributed by atoms with Crippen LogP contribution in [-0.4, -0.2) is 30.7 Å². The summed E-state index contributed by atoms with van der Waals surface area (Å²) in [6.07, 6.45) is -5.54. The minimum atomic E-state index is -5.19. The average Bonchev–Trinajstić information content (AvgIpc) is 2.94. The third kappa shape index (κ3) is 6.88. The van der Waals surface area contributed by atoms with Gasteiger partial charge in [0.25, 0.3) is 0 Å². The molecule has 0 saturated carbocycles. The van der Waals surface area contributed by atoms with Crippen molar-refractivity contribution in [2.45, 2.75) is 39.0 Å². The van der Waals surface area contributed by atoms with Crippen LogP contribution < -0.4 is 16.1 Å². The van der Waals surface area contributed by atoms with Crippen molar-refractivity contribution in [2.75, 3.05) is 11.9 Å². The third-order valence-corrected chi connectivity index (χ3v) is 6.99. The van der Waals surface area contributed by atoms with E-state index in [0.29, 0.717) is 33.5 Å². The number of nitrogens with one attached hydrogen (secondary N) is 2. The number of hydrogen-bond donors (Lipinski definition) is 2. The van der Waals surface area contributed by atoms with Gasteiger partial charge in [-0.1, -0.05) is 65.7 Å². The zero-order valence-corrected chi connectivity index (χ0v) is 23.9. The van der Waals surface area contributed by atoms with Gasteiger partial charge in [-0.25, -0.2) is 4.79 Å². The van der Waals surface area contributed by atoms with Gasteiger partial charge in [0, 0.05) is 29.7 Å². The van der Waals surface area contributed by atoms with Gasteiger partial charge in [0.1, 0.15) is 17.4 Å². The molecule has 4 rings (SSSR count). The van der Waals surface area contributed by atoms with Crippen molar-refractivity contribution in [3.05, 3.63) is 97.6 Å². The number of para-hydroxylation sites is 1. The lowest BCUT2D eigenvalue weighted by Crippen LogP contribution is -2.48. The highest BCUT2D eigenvalue weighted by molar-refractivity contribution is 6.39. The summed E-state index contributed by atoms with van der Waals surface area (Å²) in [5, 5.41) is 5.42. The molecular formula is C30H25Cl2F3N2O5. The molecule has 0 bridgehead atoms. The van der Waals surface area contributed by atoms with E-state index in [1.807, 2.05) is 30.3 Å². The number of carbonyl (C=O) groups is 2. The van der Waals surface area contributed by atoms with Crippen LogP contribution >= 0.6 is 23.2 Å². The van der Waals surface area contributed by atoms with E-state index < -0.39 is 24.1 Å². The molecule has 1 atom stereocenters. The first-order valence-corrected chi connectivity index (χ1v) is 13.5. The maximum Gasteiger partial charge on any atom is 0.471 e. The Kier molecular flexibility index (Phi) is 9.48. The predicted octanol–water partition coefficient (Wildman–Crippen LogP) is 6.84. The first-order valence-electron chi connectivity index (χ1n) is 12.8. The zero-order chi connectivity index (χ0) is 30.6. The van der Waals surface area contributed by atoms with Gasteiger partial charge in [0.05, 0.1) is 27.7 Å². The molecule has 3 aromatic carbocycles. The van der Waals surface area contributed by atoms with Gasteiger partial charge in [0.2, 0.25) is 0 Å². The molecule has 0 radical (unpaired) electrons. The molecule has 0 aliphatic rings. The summed E-state index contributed by atoms with van der Waals surface area (Å²) in [5.74, 6) is -2.86. The van der Waals surface area contributed by atoms with Crippen molar-refractivity contribution >= 4 is 51.7 Å². The molecule has 0 aliphatic heterocycles. The van der Waals surface area contributed by atoms with Crippen LogP contribution in [0.3, 0.4) is 0 Å². The summed E-state index contributed by atoms with van der Waals surface area (Å²) in [7, 11) is 0. The highest BCUT2D eigenvalue weighted by atomic mass is 35.5. The van der Waals surface area contributed by atoms with E-state index in [-0.39, 0.29) is 40.6 Å². The molecule has 0 unspecified atom stereocenters. The second kappa shape index (κ2) is 12.9. The summed E-state index contributed by atoms with van der Waals surface area (Å²) < 4.78 is 49.5. The van der Waals surface area contributed by atoms with Crippen molar-refractivity contribution in [2.24, 2.45) is 0 Å². The molecule has 220 valence electrons. The van der Waals surface area contributed by atoms with Crippen molar-refractivity contribution in [3.8, 4) is 11.3 Å². The fraction of sp³-hybridized carbons (Fsp3) is 0.233. The van der Waals surface area contributed by atoms with Crippen LogP contribution in [0.15, 0.2) is 69.9 Å². The molecule has 2 N–H and O–H groups in total. The normalized spacial score (nSPS) is 12.2. The molecular weight excluding hydrogens is 596 g/mol. The number of alkyl halides is 3. The largest absolute Gasteiger partial charge is 0.471 e. The van der Waals surface area contributed by atoms with Gasteiger partial charge < -0.3 is 19.8 Å². The summed E-state index contributed by atoms with van der Waals surface area (Å²) in [6, 6.07) is 15.7. The van der Waals surface area contributed by atoms with Crippen LogP contribution in [0.5, 0.6) is 0 Å². The van der Waals surface area contributed by atoms with E-state index in [4.69, 9.17) is 32.4 Å². The molecule has 7 nitrogen and oxygen atoms in total. The number of esters is 1. The van der Waals surface area contributed by atoms with Gasteiger partial charge in [-0.15, -0.1) is 0 Å². The van der Waals surface area contributed by atoms with Gasteiger partial charge in [-0.05, 0) is 37.6 Å². The fourth-order valence-corrected chi connectivity index (χ4v) is 5.05. The van der Waals surface area contributed by atoms with Gasteiger partial charge in [-0.2, -0.15) is 13.2 Å². The van der Waals surface area contributed by atoms with Crippen molar-refractivity contribution in [1.82, 2.24) is 5.32 Å². The number of benzene rings is 3. The highest BCUT2D eigenvalue weighted by Crippen LogP contribution is 2.34. The van der Waals surface area contributed by atoms with Crippen LogP contribution in [0, 0.1) is 6.92 Å². The lowest BCUT2D eigenvalue weighted by atomic mass is 10.0. The Hall–Kier alpha value is -4.02. The standard InChI is InChI=1S/C30H25Cl2F3N2O5/c1-3-41-28(39)23(37-29(40)30(33,34)35)14-17-12-21(31)24(22(32)13-17)36-15-19-10-7-11-20-25(38)16(2)26(42-27(19)20)18-8-5-4-6-9-18/h4-13,23,36H,3,14-15H2,1-2H3,(H,37,40)/t23-/m0/s1. The number of halogens is 5. The van der Waals surface area contributed by atoms with E-state index >= 15 is 0 Å². The Morgan fingerprint density at radius 3 is 2.31 bits per heavy atom. The summed E-state index contributed by atoms with van der Waals surface area (Å²) in [6.45, 7) is 3.26. The number of carbonyl (C=O) groups excluding carboxylic acids is 2. The zero-order valence-electron chi connectivity index (χ0n) is 22.4. The lowest BCUT2D eigenvalue weighted by molar-refractivity contribution is -0.175. The Balaban J connectivity index is 1.60. The smallest absolute Gasteiger partial charge is 0.464 e. The SMILES string of the molecule is CCOC(=O)[C@H](Cc1cc(Cl)c(NCc2cccc3c(=O)c(C)c(-c4ccccc4)oc23)c(Cl)c1)NC(=O)C(F)(F)F. The summed E-state index contributed by atoms with van der Waals surface area (Å²) >= 11 is 12.9. The van der Waals surface area contributed by atoms with E-state index in [1.54, 1.807) is 30.4 Å². The van der Waals surface area contributed by atoms with Crippen LogP contribution in [0.1, 0.15) is 23.6 Å². The minimum absolute atomic E-state index is 0.0949. The molecule has 42 heavy (non-hydrogen) atoms. The van der Waals surface area contributed by atoms with Crippen molar-refractivity contribution in [3.63, 3.8) is 0 Å². The number of hydrogen-bond acceptors (Lipinski definition) is 6. The molecule has 1 amide bonds. The maximum absolute atomic E-state index is 13.1. The van der Waals surface area contributed by atoms with Crippen LogP contribution in [-0.2, 0) is 27.3 Å². The molecule has 0 saturated heterocycles. The van der Waals surface area contributed by atoms with Crippen molar-refractivity contribution in [1.29, 1.82) is 0 Å². The van der Waals surface area contributed by atoms with Crippen LogP contribution in [0.4, 0.5) is 18.9 Å². The number of rotatable bonds is 9. The number of fused-ring (bicyclic) bond motifs is 1. The Morgan fingerprint density at radius 2 is 1.69 bits per heavy atom. The predicted molar refractivity (Wildman–Crippen MR) is 155 cm³/mol. The van der Waals surface area contributed by atoms with E-state index in [1.165, 1.54) is 19.1 Å². The summed E-state index contributed by atoms with van der Waals surface area (Å²) in [5.41, 5.74) is 2.71. The Bertz CT molecular complexity index is 1670. The summed E-state index contributed by atoms with van der Waals surface area (Å²) in [4.78, 5) is 36.9. The van der Waals surface area contributed by atoms with E-state index in [2.05, 4.69) is 5.32 Å². The quantitative estimate of drug-likeness (QED) is 0.199. The first kappa shape index (κ1) is 30.9. The third-order valence-electron chi connectivity index (χ3n) is 6.39. The van der Waals surface area contributed by atoms with Crippen LogP contribution in [0.25, 0.3) is 22.3 Å². The second-order valence-corrected chi connectivity index (χ2v) is 10.1. The second-order valence-electron chi connectivity index (χ2n) is 9.31. The molecule has 0 aliphatic carbocycles. The minimum Gasteiger partial charge on any atom is -0.464 e. The van der Waals surface area contributed by atoms with Crippen LogP contribution in [0.2, 0.25) is 10.0 Å². The van der Waals surface area contributed by atoms with Gasteiger partial charge >= 0.3 is 18.1 Å². The average molecular weight is 621 g/mol. The van der Waals surface area contributed by atoms with Gasteiger partial charge in [-0.3, -0.25) is 9.59 Å². The number of anilines is 1. The van der Waals surface area contributed by atoms with Crippen molar-refractivity contribution < 1.29 is 31.9 Å². The molecule has 4 aromatic rings. The molecule has 0 spiro atoms. The monoisotopic (exact) mass is 620 g/mol. The number of amides is 1. The first-order chi connectivity index (χ1) is 19.9. The Morgan fingerprint density at radius 1 is 1.02 bits per heavy atom. The van der Waals surface area contributed by atoms with Gasteiger partial charge in [0.15, 0.2) is 5.43 Å². The Labute approximate surface area is 248 Å². The molecule has 0 fully saturated rings. The molecule has 12 heteroatoms. The fourth-order valence-electron chi connectivity index (χ4n) is 4.38. The highest BCUT2D eigenvalue weighted by Gasteiger charge is 2.41. The maximum atomic E-state index is 13.1. The topological polar surface area (TPSA) is 97.6 Å². The molecule has 1 aromatic heterocycles.